The molecule has 7 nitrogen and oxygen atoms in total. The van der Waals surface area contributed by atoms with E-state index in [1.165, 1.54) is 0 Å². The Hall–Kier alpha value is -1.77. The minimum atomic E-state index is -3.44. The number of sulfonamides is 1. The fourth-order valence-electron chi connectivity index (χ4n) is 3.22. The van der Waals surface area contributed by atoms with Crippen molar-refractivity contribution >= 4 is 10.0 Å². The minimum absolute atomic E-state index is 0.0166. The monoisotopic (exact) mass is 392 g/mol. The molecule has 1 aromatic carbocycles. The minimum Gasteiger partial charge on any atom is -0.338 e. The lowest BCUT2D eigenvalue weighted by molar-refractivity contribution is 0.124. The van der Waals surface area contributed by atoms with Gasteiger partial charge in [-0.05, 0) is 32.4 Å². The summed E-state index contributed by atoms with van der Waals surface area (Å²) in [7, 11) is -3.44. The van der Waals surface area contributed by atoms with Gasteiger partial charge in [0.2, 0.25) is 15.9 Å². The van der Waals surface area contributed by atoms with Gasteiger partial charge in [-0.15, -0.1) is 0 Å². The third-order valence-electron chi connectivity index (χ3n) is 5.07. The van der Waals surface area contributed by atoms with Gasteiger partial charge in [-0.2, -0.15) is 9.29 Å². The van der Waals surface area contributed by atoms with E-state index in [2.05, 4.69) is 22.0 Å². The summed E-state index contributed by atoms with van der Waals surface area (Å²) in [6.07, 6.45) is 2.97. The second-order valence-corrected chi connectivity index (χ2v) is 9.02. The lowest BCUT2D eigenvalue weighted by Crippen LogP contribution is -2.49. The molecule has 1 atom stereocenters. The van der Waals surface area contributed by atoms with Crippen LogP contribution in [0.3, 0.4) is 0 Å². The molecule has 1 fully saturated rings. The van der Waals surface area contributed by atoms with Gasteiger partial charge in [0.05, 0.1) is 10.9 Å². The summed E-state index contributed by atoms with van der Waals surface area (Å²) in [4.78, 5) is 7.04. The zero-order chi connectivity index (χ0) is 19.4. The molecule has 148 valence electrons. The first-order valence-electron chi connectivity index (χ1n) is 9.55. The van der Waals surface area contributed by atoms with Crippen molar-refractivity contribution in [3.05, 3.63) is 41.5 Å². The normalized spacial score (nSPS) is 17.9. The number of benzene rings is 1. The van der Waals surface area contributed by atoms with Crippen LogP contribution in [0.2, 0.25) is 0 Å². The van der Waals surface area contributed by atoms with Crippen molar-refractivity contribution < 1.29 is 12.9 Å². The number of aryl methyl sites for hydroxylation is 2. The van der Waals surface area contributed by atoms with Crippen LogP contribution in [0.1, 0.15) is 50.0 Å². The largest absolute Gasteiger partial charge is 0.338 e. The average molecular weight is 393 g/mol. The molecular weight excluding hydrogens is 364 g/mol. The first-order chi connectivity index (χ1) is 12.9. The number of piperazine rings is 1. The van der Waals surface area contributed by atoms with Gasteiger partial charge >= 0.3 is 0 Å². The van der Waals surface area contributed by atoms with E-state index in [0.717, 1.165) is 30.7 Å². The number of hydrogen-bond donors (Lipinski definition) is 0. The molecule has 8 heteroatoms. The van der Waals surface area contributed by atoms with Crippen molar-refractivity contribution in [2.75, 3.05) is 26.2 Å². The Labute approximate surface area is 161 Å². The number of rotatable bonds is 7. The Kier molecular flexibility index (Phi) is 6.29. The fraction of sp³-hybridized carbons (Fsp3) is 0.579. The van der Waals surface area contributed by atoms with E-state index >= 15 is 0 Å². The van der Waals surface area contributed by atoms with E-state index in [4.69, 9.17) is 4.52 Å². The third-order valence-corrected chi connectivity index (χ3v) is 6.99. The van der Waals surface area contributed by atoms with Crippen LogP contribution in [0.5, 0.6) is 0 Å². The first-order valence-corrected chi connectivity index (χ1v) is 11.0. The second kappa shape index (κ2) is 8.50. The molecule has 2 heterocycles. The molecule has 0 radical (unpaired) electrons. The lowest BCUT2D eigenvalue weighted by Gasteiger charge is -2.36. The van der Waals surface area contributed by atoms with Crippen molar-refractivity contribution in [2.24, 2.45) is 0 Å². The van der Waals surface area contributed by atoms with Crippen molar-refractivity contribution in [1.82, 2.24) is 19.3 Å². The maximum atomic E-state index is 12.8. The summed E-state index contributed by atoms with van der Waals surface area (Å²) in [5.41, 5.74) is 1.05. The molecule has 0 N–H and O–H groups in total. The van der Waals surface area contributed by atoms with Crippen LogP contribution in [0.15, 0.2) is 33.7 Å². The van der Waals surface area contributed by atoms with Crippen LogP contribution in [0.25, 0.3) is 0 Å². The van der Waals surface area contributed by atoms with E-state index in [0.29, 0.717) is 37.0 Å². The fourth-order valence-corrected chi connectivity index (χ4v) is 4.64. The van der Waals surface area contributed by atoms with Crippen LogP contribution in [-0.2, 0) is 16.4 Å². The predicted molar refractivity (Wildman–Crippen MR) is 103 cm³/mol. The van der Waals surface area contributed by atoms with E-state index in [-0.39, 0.29) is 6.04 Å². The summed E-state index contributed by atoms with van der Waals surface area (Å²) >= 11 is 0. The molecule has 1 unspecified atom stereocenters. The average Bonchev–Trinajstić information content (AvgIpc) is 3.15. The zero-order valence-electron chi connectivity index (χ0n) is 16.3. The Morgan fingerprint density at radius 3 is 2.44 bits per heavy atom. The quantitative estimate of drug-likeness (QED) is 0.721. The van der Waals surface area contributed by atoms with Gasteiger partial charge in [-0.25, -0.2) is 8.42 Å². The van der Waals surface area contributed by atoms with Crippen molar-refractivity contribution in [3.63, 3.8) is 0 Å². The molecule has 0 bridgehead atoms. The van der Waals surface area contributed by atoms with Crippen molar-refractivity contribution in [1.29, 1.82) is 0 Å². The molecule has 1 aliphatic heterocycles. The molecule has 0 saturated carbocycles. The highest BCUT2D eigenvalue weighted by Crippen LogP contribution is 2.23. The lowest BCUT2D eigenvalue weighted by atomic mass is 10.2. The molecule has 1 saturated heterocycles. The summed E-state index contributed by atoms with van der Waals surface area (Å²) in [5.74, 6) is 1.36. The van der Waals surface area contributed by atoms with Gasteiger partial charge in [0, 0.05) is 32.6 Å². The zero-order valence-corrected chi connectivity index (χ0v) is 17.1. The maximum absolute atomic E-state index is 12.8. The highest BCUT2D eigenvalue weighted by atomic mass is 32.2. The smallest absolute Gasteiger partial charge is 0.243 e. The maximum Gasteiger partial charge on any atom is 0.243 e. The van der Waals surface area contributed by atoms with Crippen molar-refractivity contribution in [2.45, 2.75) is 51.0 Å². The van der Waals surface area contributed by atoms with E-state index in [1.54, 1.807) is 16.4 Å². The van der Waals surface area contributed by atoms with E-state index in [1.807, 2.05) is 26.0 Å². The Morgan fingerprint density at radius 2 is 1.81 bits per heavy atom. The Bertz CT molecular complexity index is 840. The van der Waals surface area contributed by atoms with Crippen molar-refractivity contribution in [3.8, 4) is 0 Å². The second-order valence-electron chi connectivity index (χ2n) is 7.08. The first kappa shape index (κ1) is 20.0. The van der Waals surface area contributed by atoms with Crippen LogP contribution in [0, 0.1) is 6.92 Å². The molecule has 0 aliphatic carbocycles. The van der Waals surface area contributed by atoms with Crippen LogP contribution < -0.4 is 0 Å². The summed E-state index contributed by atoms with van der Waals surface area (Å²) < 4.78 is 32.6. The predicted octanol–water partition coefficient (Wildman–Crippen LogP) is 2.79. The molecule has 1 aliphatic rings. The van der Waals surface area contributed by atoms with Gasteiger partial charge in [0.25, 0.3) is 0 Å². The Morgan fingerprint density at radius 1 is 1.15 bits per heavy atom. The number of aromatic nitrogens is 2. The third kappa shape index (κ3) is 4.56. The molecular formula is C19H28N4O3S. The number of nitrogens with zero attached hydrogens (tertiary/aromatic N) is 4. The summed E-state index contributed by atoms with van der Waals surface area (Å²) in [6, 6.07) is 7.00. The molecule has 3 rings (SSSR count). The van der Waals surface area contributed by atoms with Gasteiger partial charge in [-0.3, -0.25) is 4.90 Å². The van der Waals surface area contributed by atoms with Gasteiger partial charge in [0.1, 0.15) is 0 Å². The van der Waals surface area contributed by atoms with E-state index in [9.17, 15) is 8.42 Å². The number of unbranched alkanes of at least 4 members (excludes halogenated alkanes) is 1. The SMILES string of the molecule is CCCCc1noc(C(C)N2CCN(S(=O)(=O)c3ccc(C)cc3)CC2)n1. The van der Waals surface area contributed by atoms with Crippen LogP contribution >= 0.6 is 0 Å². The van der Waals surface area contributed by atoms with Gasteiger partial charge < -0.3 is 4.52 Å². The molecule has 1 aromatic heterocycles. The highest BCUT2D eigenvalue weighted by Gasteiger charge is 2.31. The molecule has 2 aromatic rings. The highest BCUT2D eigenvalue weighted by molar-refractivity contribution is 7.89. The Balaban J connectivity index is 1.61. The van der Waals surface area contributed by atoms with Crippen LogP contribution in [-0.4, -0.2) is 53.9 Å². The topological polar surface area (TPSA) is 79.5 Å². The molecule has 0 amide bonds. The molecule has 27 heavy (non-hydrogen) atoms. The van der Waals surface area contributed by atoms with E-state index < -0.39 is 10.0 Å². The summed E-state index contributed by atoms with van der Waals surface area (Å²) in [5, 5.41) is 4.05. The van der Waals surface area contributed by atoms with Crippen LogP contribution in [0.4, 0.5) is 0 Å². The standard InChI is InChI=1S/C19H28N4O3S/c1-4-5-6-18-20-19(26-21-18)16(3)22-11-13-23(14-12-22)27(24,25)17-9-7-15(2)8-10-17/h7-10,16H,4-6,11-14H2,1-3H3. The van der Waals surface area contributed by atoms with Gasteiger partial charge in [-0.1, -0.05) is 36.2 Å². The molecule has 0 spiro atoms. The van der Waals surface area contributed by atoms with Gasteiger partial charge in [0.15, 0.2) is 5.82 Å². The number of hydrogen-bond acceptors (Lipinski definition) is 6. The summed E-state index contributed by atoms with van der Waals surface area (Å²) in [6.45, 7) is 8.30.